The minimum atomic E-state index is -0.364. The summed E-state index contributed by atoms with van der Waals surface area (Å²) >= 11 is 0. The molecule has 2 atom stereocenters. The van der Waals surface area contributed by atoms with Crippen LogP contribution in [0.5, 0.6) is 11.5 Å². The fourth-order valence-corrected chi connectivity index (χ4v) is 7.57. The highest BCUT2D eigenvalue weighted by Crippen LogP contribution is 2.18. The van der Waals surface area contributed by atoms with E-state index < -0.39 is 0 Å². The van der Waals surface area contributed by atoms with Crippen molar-refractivity contribution in [1.82, 2.24) is 9.13 Å². The highest BCUT2D eigenvalue weighted by Gasteiger charge is 2.19. The van der Waals surface area contributed by atoms with Gasteiger partial charge in [-0.25, -0.2) is 0 Å². The van der Waals surface area contributed by atoms with Crippen molar-refractivity contribution < 1.29 is 33.2 Å². The zero-order valence-corrected chi connectivity index (χ0v) is 40.0. The van der Waals surface area contributed by atoms with E-state index in [1.54, 1.807) is 23.0 Å². The van der Waals surface area contributed by atoms with Crippen molar-refractivity contribution in [3.05, 3.63) is 272 Å². The Labute approximate surface area is 415 Å². The summed E-state index contributed by atoms with van der Waals surface area (Å²) in [5.74, 6) is 0.395. The normalized spacial score (nSPS) is 11.7. The summed E-state index contributed by atoms with van der Waals surface area (Å²) in [6, 6.07) is 62.2. The number of nitrogens with zero attached hydrogens (tertiary/aromatic N) is 2. The number of carbonyl (C=O) groups is 1. The maximum atomic E-state index is 12.5. The zero-order chi connectivity index (χ0) is 49.3. The molecule has 71 heavy (non-hydrogen) atoms. The molecule has 364 valence electrons. The highest BCUT2D eigenvalue weighted by molar-refractivity contribution is 5.76. The third-order valence-corrected chi connectivity index (χ3v) is 11.4. The third-order valence-electron chi connectivity index (χ3n) is 11.4. The van der Waals surface area contributed by atoms with E-state index in [1.807, 2.05) is 193 Å². The molecule has 0 saturated heterocycles. The van der Waals surface area contributed by atoms with Gasteiger partial charge in [0.1, 0.15) is 18.9 Å². The minimum Gasteiger partial charge on any atom is -0.483 e. The van der Waals surface area contributed by atoms with E-state index in [-0.39, 0.29) is 41.1 Å². The number of aromatic nitrogens is 2. The van der Waals surface area contributed by atoms with Gasteiger partial charge in [0.2, 0.25) is 10.9 Å². The molecule has 11 heteroatoms. The van der Waals surface area contributed by atoms with Gasteiger partial charge in [-0.15, -0.1) is 0 Å². The molecular weight excluding hydrogens is 893 g/mol. The van der Waals surface area contributed by atoms with Crippen LogP contribution in [0.3, 0.4) is 0 Å². The average molecular weight is 953 g/mol. The van der Waals surface area contributed by atoms with Crippen molar-refractivity contribution in [1.29, 1.82) is 0 Å². The van der Waals surface area contributed by atoms with Crippen molar-refractivity contribution in [2.75, 3.05) is 13.2 Å². The molecule has 0 aliphatic heterocycles. The van der Waals surface area contributed by atoms with E-state index in [9.17, 15) is 14.4 Å². The SMILES string of the molecule is Cc1c(OCc2ccccc2)c(=O)ccn1CC(COCc1ccccc1)OCc1ccccc1.O=Cc1c(OCc2ccccc2)c(=O)ccn1CC(COCc1ccccc1)OCc1ccccc1. The van der Waals surface area contributed by atoms with Crippen LogP contribution >= 0.6 is 0 Å². The van der Waals surface area contributed by atoms with Crippen molar-refractivity contribution in [2.45, 2.75) is 71.9 Å². The first-order chi connectivity index (χ1) is 34.9. The smallest absolute Gasteiger partial charge is 0.224 e. The topological polar surface area (TPSA) is 116 Å². The van der Waals surface area contributed by atoms with Gasteiger partial charge in [0.15, 0.2) is 17.8 Å². The number of ether oxygens (including phenoxy) is 6. The van der Waals surface area contributed by atoms with Crippen molar-refractivity contribution in [3.63, 3.8) is 0 Å². The summed E-state index contributed by atoms with van der Waals surface area (Å²) in [7, 11) is 0. The number of benzene rings is 6. The molecule has 11 nitrogen and oxygen atoms in total. The van der Waals surface area contributed by atoms with Gasteiger partial charge < -0.3 is 37.6 Å². The Balaban J connectivity index is 0.000000209. The third kappa shape index (κ3) is 16.8. The largest absolute Gasteiger partial charge is 0.483 e. The molecule has 0 N–H and O–H groups in total. The van der Waals surface area contributed by atoms with Gasteiger partial charge in [0.25, 0.3) is 0 Å². The Morgan fingerprint density at radius 2 is 0.732 bits per heavy atom. The lowest BCUT2D eigenvalue weighted by Gasteiger charge is -2.22. The summed E-state index contributed by atoms with van der Waals surface area (Å²) < 4.78 is 39.8. The van der Waals surface area contributed by atoms with Crippen LogP contribution in [0, 0.1) is 6.92 Å². The summed E-state index contributed by atoms with van der Waals surface area (Å²) in [6.07, 6.45) is 3.47. The van der Waals surface area contributed by atoms with Crippen LogP contribution in [0.25, 0.3) is 0 Å². The molecule has 0 saturated carbocycles. The molecule has 2 heterocycles. The standard InChI is InChI=1S/C30H29NO5.C30H31NO4/c32-19-28-30(36-22-26-14-8-3-9-15-26)29(33)16-17-31(28)18-27(35-21-25-12-6-2-7-13-25)23-34-20-24-10-4-1-5-11-24;1-24-30(35-22-27-15-9-4-10-16-27)29(32)17-18-31(24)19-28(34-21-26-13-7-3-8-14-26)23-33-20-25-11-5-2-6-12-25/h1-17,19,27H,18,20-23H2;2-18,28H,19-23H2,1H3. The monoisotopic (exact) mass is 952 g/mol. The number of rotatable bonds is 25. The predicted octanol–water partition coefficient (Wildman–Crippen LogP) is 10.6. The van der Waals surface area contributed by atoms with Crippen LogP contribution in [0.4, 0.5) is 0 Å². The van der Waals surface area contributed by atoms with Crippen molar-refractivity contribution in [3.8, 4) is 11.5 Å². The molecule has 2 unspecified atom stereocenters. The van der Waals surface area contributed by atoms with Crippen LogP contribution in [-0.4, -0.2) is 40.8 Å². The van der Waals surface area contributed by atoms with Crippen LogP contribution in [0.2, 0.25) is 0 Å². The molecule has 6 aromatic carbocycles. The second-order valence-electron chi connectivity index (χ2n) is 16.8. The Bertz CT molecular complexity index is 2900. The van der Waals surface area contributed by atoms with Gasteiger partial charge in [0.05, 0.1) is 70.6 Å². The lowest BCUT2D eigenvalue weighted by atomic mass is 10.2. The van der Waals surface area contributed by atoms with Crippen molar-refractivity contribution in [2.24, 2.45) is 0 Å². The van der Waals surface area contributed by atoms with Gasteiger partial charge in [0, 0.05) is 24.5 Å². The molecular formula is C60H60N2O9. The lowest BCUT2D eigenvalue weighted by molar-refractivity contribution is -0.0376. The van der Waals surface area contributed by atoms with Gasteiger partial charge in [-0.1, -0.05) is 182 Å². The highest BCUT2D eigenvalue weighted by atomic mass is 16.5. The quantitative estimate of drug-likeness (QED) is 0.0516. The average Bonchev–Trinajstić information content (AvgIpc) is 3.42. The summed E-state index contributed by atoms with van der Waals surface area (Å²) in [5, 5.41) is 0. The second kappa shape index (κ2) is 28.1. The molecule has 8 aromatic rings. The molecule has 0 fully saturated rings. The molecule has 8 rings (SSSR count). The molecule has 0 aliphatic carbocycles. The number of pyridine rings is 2. The molecule has 2 aromatic heterocycles. The zero-order valence-electron chi connectivity index (χ0n) is 40.0. The van der Waals surface area contributed by atoms with E-state index in [2.05, 4.69) is 0 Å². The first-order valence-electron chi connectivity index (χ1n) is 23.7. The molecule has 0 bridgehead atoms. The molecule has 0 radical (unpaired) electrons. The lowest BCUT2D eigenvalue weighted by Crippen LogP contribution is -2.28. The van der Waals surface area contributed by atoms with E-state index in [1.165, 1.54) is 6.07 Å². The summed E-state index contributed by atoms with van der Waals surface area (Å²) in [6.45, 7) is 5.87. The Kier molecular flexibility index (Phi) is 20.3. The number of hydrogen-bond donors (Lipinski definition) is 0. The van der Waals surface area contributed by atoms with Gasteiger partial charge in [-0.2, -0.15) is 0 Å². The Hall–Kier alpha value is -7.67. The molecule has 0 aliphatic rings. The number of hydrogen-bond acceptors (Lipinski definition) is 9. The maximum Gasteiger partial charge on any atom is 0.224 e. The number of carbonyl (C=O) groups excluding carboxylic acids is 1. The van der Waals surface area contributed by atoms with Crippen LogP contribution in [0.1, 0.15) is 49.6 Å². The van der Waals surface area contributed by atoms with Crippen LogP contribution in [0.15, 0.2) is 216 Å². The molecule has 0 amide bonds. The van der Waals surface area contributed by atoms with Crippen molar-refractivity contribution >= 4 is 6.29 Å². The van der Waals surface area contributed by atoms with E-state index >= 15 is 0 Å². The second-order valence-corrected chi connectivity index (χ2v) is 16.8. The van der Waals surface area contributed by atoms with Crippen LogP contribution < -0.4 is 20.3 Å². The van der Waals surface area contributed by atoms with E-state index in [0.717, 1.165) is 39.1 Å². The van der Waals surface area contributed by atoms with Gasteiger partial charge >= 0.3 is 0 Å². The predicted molar refractivity (Wildman–Crippen MR) is 275 cm³/mol. The first kappa shape index (κ1) is 51.2. The van der Waals surface area contributed by atoms with Gasteiger partial charge in [-0.3, -0.25) is 14.4 Å². The Morgan fingerprint density at radius 1 is 0.408 bits per heavy atom. The minimum absolute atomic E-state index is 0.0309. The van der Waals surface area contributed by atoms with E-state index in [4.69, 9.17) is 28.4 Å². The Morgan fingerprint density at radius 3 is 1.13 bits per heavy atom. The van der Waals surface area contributed by atoms with E-state index in [0.29, 0.717) is 71.4 Å². The number of aldehydes is 1. The summed E-state index contributed by atoms with van der Waals surface area (Å²) in [4.78, 5) is 37.1. The fraction of sp³-hybridized carbons (Fsp3) is 0.217. The van der Waals surface area contributed by atoms with Crippen LogP contribution in [-0.2, 0) is 71.7 Å². The fourth-order valence-electron chi connectivity index (χ4n) is 7.57. The first-order valence-corrected chi connectivity index (χ1v) is 23.7. The summed E-state index contributed by atoms with van der Waals surface area (Å²) in [5.41, 5.74) is 6.71. The van der Waals surface area contributed by atoms with Gasteiger partial charge in [-0.05, 0) is 40.3 Å². The molecule has 0 spiro atoms. The maximum absolute atomic E-state index is 12.5.